The van der Waals surface area contributed by atoms with Gasteiger partial charge in [0.2, 0.25) is 0 Å². The Morgan fingerprint density at radius 3 is 2.83 bits per heavy atom. The van der Waals surface area contributed by atoms with Crippen LogP contribution in [0.2, 0.25) is 5.02 Å². The molecule has 0 amide bonds. The largest absolute Gasteiger partial charge is 0.368 e. The van der Waals surface area contributed by atoms with Crippen molar-refractivity contribution in [1.82, 2.24) is 29.2 Å². The summed E-state index contributed by atoms with van der Waals surface area (Å²) in [6.07, 6.45) is 1.65. The molecule has 0 atom stereocenters. The molecule has 0 fully saturated rings. The molecule has 4 rings (SSSR count). The van der Waals surface area contributed by atoms with Crippen LogP contribution in [0.4, 0.5) is 0 Å². The third kappa shape index (κ3) is 2.43. The lowest BCUT2D eigenvalue weighted by molar-refractivity contribution is 0.621. The summed E-state index contributed by atoms with van der Waals surface area (Å²) in [4.78, 5) is 29.4. The lowest BCUT2D eigenvalue weighted by Gasteiger charge is -2.01. The lowest BCUT2D eigenvalue weighted by atomic mass is 10.3. The number of hydrogen-bond acceptors (Lipinski definition) is 6. The predicted molar refractivity (Wildman–Crippen MR) is 89.1 cm³/mol. The molecular weight excluding hydrogens is 352 g/mol. The van der Waals surface area contributed by atoms with E-state index in [9.17, 15) is 9.59 Å². The standard InChI is InChI=1S/C14H9ClN6O2S/c15-10-3-1-2-4-11(10)21-14(23)20(17-18-21)8-9-7-12(22)19-5-6-24-13(19)16-9/h1-7H,8H2. The molecule has 3 aromatic heterocycles. The van der Waals surface area contributed by atoms with Crippen molar-refractivity contribution >= 4 is 27.9 Å². The molecule has 0 aliphatic heterocycles. The molecule has 0 saturated heterocycles. The summed E-state index contributed by atoms with van der Waals surface area (Å²) in [5.41, 5.74) is 0.215. The number of thiazole rings is 1. The van der Waals surface area contributed by atoms with Crippen molar-refractivity contribution in [2.75, 3.05) is 0 Å². The lowest BCUT2D eigenvalue weighted by Crippen LogP contribution is -2.26. The highest BCUT2D eigenvalue weighted by Crippen LogP contribution is 2.16. The summed E-state index contributed by atoms with van der Waals surface area (Å²) in [5.74, 6) is 0. The zero-order chi connectivity index (χ0) is 16.7. The van der Waals surface area contributed by atoms with E-state index in [4.69, 9.17) is 11.6 Å². The highest BCUT2D eigenvalue weighted by Gasteiger charge is 2.13. The van der Waals surface area contributed by atoms with Crippen LogP contribution in [0.1, 0.15) is 5.69 Å². The van der Waals surface area contributed by atoms with Crippen molar-refractivity contribution in [1.29, 1.82) is 0 Å². The fraction of sp³-hybridized carbons (Fsp3) is 0.0714. The van der Waals surface area contributed by atoms with Gasteiger partial charge in [0, 0.05) is 17.6 Å². The second-order valence-corrected chi connectivity index (χ2v) is 6.20. The van der Waals surface area contributed by atoms with E-state index in [1.54, 1.807) is 35.8 Å². The maximum Gasteiger partial charge on any atom is 0.368 e. The summed E-state index contributed by atoms with van der Waals surface area (Å²) in [6, 6.07) is 8.22. The van der Waals surface area contributed by atoms with E-state index in [0.717, 1.165) is 9.36 Å². The summed E-state index contributed by atoms with van der Waals surface area (Å²) in [6.45, 7) is 0.0485. The van der Waals surface area contributed by atoms with Gasteiger partial charge in [-0.05, 0) is 22.6 Å². The molecular formula is C14H9ClN6O2S. The van der Waals surface area contributed by atoms with Crippen molar-refractivity contribution in [2.24, 2.45) is 0 Å². The van der Waals surface area contributed by atoms with E-state index < -0.39 is 5.69 Å². The first-order chi connectivity index (χ1) is 11.6. The van der Waals surface area contributed by atoms with Crippen molar-refractivity contribution in [3.8, 4) is 5.69 Å². The van der Waals surface area contributed by atoms with Crippen LogP contribution in [0, 0.1) is 0 Å². The van der Waals surface area contributed by atoms with Gasteiger partial charge >= 0.3 is 5.69 Å². The highest BCUT2D eigenvalue weighted by molar-refractivity contribution is 7.15. The van der Waals surface area contributed by atoms with Crippen molar-refractivity contribution < 1.29 is 0 Å². The predicted octanol–water partition coefficient (Wildman–Crippen LogP) is 1.20. The first-order valence-corrected chi connectivity index (χ1v) is 8.13. The minimum atomic E-state index is -0.462. The van der Waals surface area contributed by atoms with E-state index in [0.29, 0.717) is 21.4 Å². The number of halogens is 1. The van der Waals surface area contributed by atoms with Crippen molar-refractivity contribution in [3.63, 3.8) is 0 Å². The topological polar surface area (TPSA) is 87.1 Å². The Labute approximate surface area is 143 Å². The molecule has 10 heteroatoms. The number of tetrazole rings is 1. The van der Waals surface area contributed by atoms with Gasteiger partial charge in [-0.1, -0.05) is 23.7 Å². The number of para-hydroxylation sites is 1. The maximum absolute atomic E-state index is 12.5. The van der Waals surface area contributed by atoms with Crippen LogP contribution in [-0.4, -0.2) is 29.2 Å². The minimum Gasteiger partial charge on any atom is -0.269 e. The first-order valence-electron chi connectivity index (χ1n) is 6.87. The molecule has 4 aromatic rings. The number of fused-ring (bicyclic) bond motifs is 1. The quantitative estimate of drug-likeness (QED) is 0.548. The molecule has 0 unspecified atom stereocenters. The maximum atomic E-state index is 12.5. The Kier molecular flexibility index (Phi) is 3.51. The SMILES string of the molecule is O=c1n(Cc2cc(=O)n3ccsc3n2)nnn1-c1ccccc1Cl. The number of hydrogen-bond donors (Lipinski definition) is 0. The molecule has 3 heterocycles. The fourth-order valence-electron chi connectivity index (χ4n) is 2.27. The van der Waals surface area contributed by atoms with Gasteiger partial charge in [0.25, 0.3) is 5.56 Å². The minimum absolute atomic E-state index is 0.0485. The van der Waals surface area contributed by atoms with E-state index in [-0.39, 0.29) is 12.1 Å². The van der Waals surface area contributed by atoms with E-state index in [2.05, 4.69) is 15.4 Å². The molecule has 0 spiro atoms. The molecule has 0 bridgehead atoms. The van der Waals surface area contributed by atoms with Crippen LogP contribution in [-0.2, 0) is 6.54 Å². The molecule has 24 heavy (non-hydrogen) atoms. The van der Waals surface area contributed by atoms with Crippen molar-refractivity contribution in [3.05, 3.63) is 73.5 Å². The average molecular weight is 361 g/mol. The third-order valence-corrected chi connectivity index (χ3v) is 4.46. The van der Waals surface area contributed by atoms with Gasteiger partial charge in [-0.3, -0.25) is 9.20 Å². The van der Waals surface area contributed by atoms with E-state index in [1.165, 1.54) is 21.8 Å². The molecule has 0 N–H and O–H groups in total. The summed E-state index contributed by atoms with van der Waals surface area (Å²) < 4.78 is 3.69. The Hall–Kier alpha value is -2.78. The van der Waals surface area contributed by atoms with Crippen LogP contribution in [0.5, 0.6) is 0 Å². The Balaban J connectivity index is 1.74. The van der Waals surface area contributed by atoms with E-state index >= 15 is 0 Å². The normalized spacial score (nSPS) is 11.2. The number of benzene rings is 1. The molecule has 1 aromatic carbocycles. The second-order valence-electron chi connectivity index (χ2n) is 4.92. The number of nitrogens with zero attached hydrogens (tertiary/aromatic N) is 6. The Morgan fingerprint density at radius 1 is 1.17 bits per heavy atom. The Bertz CT molecular complexity index is 1160. The van der Waals surface area contributed by atoms with Crippen LogP contribution in [0.25, 0.3) is 10.6 Å². The summed E-state index contributed by atoms with van der Waals surface area (Å²) in [5, 5.41) is 9.84. The zero-order valence-corrected chi connectivity index (χ0v) is 13.6. The van der Waals surface area contributed by atoms with Gasteiger partial charge in [-0.25, -0.2) is 9.78 Å². The number of rotatable bonds is 3. The average Bonchev–Trinajstić information content (AvgIpc) is 3.16. The molecule has 0 radical (unpaired) electrons. The van der Waals surface area contributed by atoms with Crippen LogP contribution >= 0.6 is 22.9 Å². The molecule has 0 aliphatic carbocycles. The van der Waals surface area contributed by atoms with Crippen LogP contribution < -0.4 is 11.2 Å². The summed E-state index contributed by atoms with van der Waals surface area (Å²) in [7, 11) is 0. The van der Waals surface area contributed by atoms with Crippen LogP contribution in [0.15, 0.2) is 51.5 Å². The van der Waals surface area contributed by atoms with Gasteiger partial charge in [0.1, 0.15) is 0 Å². The van der Waals surface area contributed by atoms with Gasteiger partial charge in [0.15, 0.2) is 4.96 Å². The highest BCUT2D eigenvalue weighted by atomic mass is 35.5. The van der Waals surface area contributed by atoms with Crippen molar-refractivity contribution in [2.45, 2.75) is 6.54 Å². The zero-order valence-electron chi connectivity index (χ0n) is 12.0. The van der Waals surface area contributed by atoms with Crippen LogP contribution in [0.3, 0.4) is 0 Å². The third-order valence-electron chi connectivity index (χ3n) is 3.39. The molecule has 8 nitrogen and oxygen atoms in total. The van der Waals surface area contributed by atoms with Gasteiger partial charge < -0.3 is 0 Å². The van der Waals surface area contributed by atoms with Gasteiger partial charge in [-0.15, -0.1) is 11.3 Å². The first kappa shape index (κ1) is 14.8. The number of aromatic nitrogens is 6. The monoisotopic (exact) mass is 360 g/mol. The Morgan fingerprint density at radius 2 is 2.00 bits per heavy atom. The van der Waals surface area contributed by atoms with Gasteiger partial charge in [-0.2, -0.15) is 9.36 Å². The molecule has 120 valence electrons. The second kappa shape index (κ2) is 5.69. The molecule has 0 saturated carbocycles. The summed E-state index contributed by atoms with van der Waals surface area (Å²) >= 11 is 7.42. The fourth-order valence-corrected chi connectivity index (χ4v) is 3.22. The molecule has 0 aliphatic rings. The smallest absolute Gasteiger partial charge is 0.269 e. The van der Waals surface area contributed by atoms with E-state index in [1.807, 2.05) is 0 Å². The van der Waals surface area contributed by atoms with Gasteiger partial charge in [0.05, 0.1) is 22.9 Å².